The summed E-state index contributed by atoms with van der Waals surface area (Å²) in [6.07, 6.45) is 0. The molecular weight excluding hydrogens is 298 g/mol. The van der Waals surface area contributed by atoms with Crippen molar-refractivity contribution in [3.63, 3.8) is 0 Å². The van der Waals surface area contributed by atoms with Gasteiger partial charge >= 0.3 is 0 Å². The van der Waals surface area contributed by atoms with Gasteiger partial charge in [-0.2, -0.15) is 0 Å². The van der Waals surface area contributed by atoms with E-state index >= 15 is 0 Å². The third-order valence-electron chi connectivity index (χ3n) is 4.10. The average molecular weight is 316 g/mol. The second-order valence-corrected chi connectivity index (χ2v) is 5.74. The fraction of sp³-hybridized carbons (Fsp3) is 0.278. The molecule has 1 heterocycles. The standard InChI is InChI=1S/C18H18F2N2O/c1-13-3-2-4-15(11-13)21-7-9-22(10-8-21)18(23)16-6-5-14(19)12-17(16)20/h2-6,11-12H,7-10H2,1H3. The van der Waals surface area contributed by atoms with Crippen molar-refractivity contribution >= 4 is 11.6 Å². The van der Waals surface area contributed by atoms with Crippen LogP contribution in [0.25, 0.3) is 0 Å². The molecule has 0 bridgehead atoms. The molecule has 120 valence electrons. The van der Waals surface area contributed by atoms with E-state index in [4.69, 9.17) is 0 Å². The number of amides is 1. The number of nitrogens with zero attached hydrogens (tertiary/aromatic N) is 2. The van der Waals surface area contributed by atoms with Gasteiger partial charge in [-0.15, -0.1) is 0 Å². The molecule has 0 unspecified atom stereocenters. The van der Waals surface area contributed by atoms with Gasteiger partial charge in [-0.3, -0.25) is 4.79 Å². The van der Waals surface area contributed by atoms with Gasteiger partial charge in [0.25, 0.3) is 5.91 Å². The summed E-state index contributed by atoms with van der Waals surface area (Å²) in [6, 6.07) is 11.3. The minimum absolute atomic E-state index is 0.0737. The van der Waals surface area contributed by atoms with E-state index in [1.807, 2.05) is 25.1 Å². The van der Waals surface area contributed by atoms with Gasteiger partial charge in [-0.1, -0.05) is 12.1 Å². The van der Waals surface area contributed by atoms with Crippen LogP contribution in [-0.2, 0) is 0 Å². The molecule has 0 spiro atoms. The molecule has 0 aliphatic carbocycles. The van der Waals surface area contributed by atoms with E-state index in [1.165, 1.54) is 11.6 Å². The molecule has 0 saturated carbocycles. The Labute approximate surface area is 134 Å². The van der Waals surface area contributed by atoms with Crippen molar-refractivity contribution in [3.05, 3.63) is 65.2 Å². The maximum absolute atomic E-state index is 13.7. The SMILES string of the molecule is Cc1cccc(N2CCN(C(=O)c3ccc(F)cc3F)CC2)c1. The number of piperazine rings is 1. The first-order chi connectivity index (χ1) is 11.0. The number of aryl methyl sites for hydroxylation is 1. The second-order valence-electron chi connectivity index (χ2n) is 5.74. The summed E-state index contributed by atoms with van der Waals surface area (Å²) in [6.45, 7) is 4.46. The van der Waals surface area contributed by atoms with Crippen molar-refractivity contribution in [2.24, 2.45) is 0 Å². The summed E-state index contributed by atoms with van der Waals surface area (Å²) in [7, 11) is 0. The van der Waals surface area contributed by atoms with Gasteiger partial charge in [0, 0.05) is 37.9 Å². The number of hydrogen-bond acceptors (Lipinski definition) is 2. The normalized spacial score (nSPS) is 14.9. The summed E-state index contributed by atoms with van der Waals surface area (Å²) in [5.74, 6) is -1.87. The van der Waals surface area contributed by atoms with Crippen LogP contribution in [0.5, 0.6) is 0 Å². The molecule has 1 saturated heterocycles. The summed E-state index contributed by atoms with van der Waals surface area (Å²) >= 11 is 0. The van der Waals surface area contributed by atoms with Gasteiger partial charge in [0.1, 0.15) is 11.6 Å². The molecule has 1 aliphatic rings. The fourth-order valence-corrected chi connectivity index (χ4v) is 2.83. The van der Waals surface area contributed by atoms with Crippen molar-refractivity contribution < 1.29 is 13.6 Å². The Morgan fingerprint density at radius 1 is 1.00 bits per heavy atom. The van der Waals surface area contributed by atoms with Crippen LogP contribution in [0.2, 0.25) is 0 Å². The lowest BCUT2D eigenvalue weighted by Gasteiger charge is -2.36. The monoisotopic (exact) mass is 316 g/mol. The Hall–Kier alpha value is -2.43. The highest BCUT2D eigenvalue weighted by Gasteiger charge is 2.24. The minimum atomic E-state index is -0.809. The molecule has 1 aliphatic heterocycles. The van der Waals surface area contributed by atoms with Gasteiger partial charge in [0.05, 0.1) is 5.56 Å². The summed E-state index contributed by atoms with van der Waals surface area (Å²) in [5.41, 5.74) is 2.25. The van der Waals surface area contributed by atoms with Crippen molar-refractivity contribution in [1.29, 1.82) is 0 Å². The van der Waals surface area contributed by atoms with E-state index in [1.54, 1.807) is 4.90 Å². The molecule has 0 N–H and O–H groups in total. The third kappa shape index (κ3) is 3.33. The molecule has 0 radical (unpaired) electrons. The van der Waals surface area contributed by atoms with Gasteiger partial charge in [0.15, 0.2) is 0 Å². The first-order valence-corrected chi connectivity index (χ1v) is 7.60. The smallest absolute Gasteiger partial charge is 0.256 e. The highest BCUT2D eigenvalue weighted by molar-refractivity contribution is 5.94. The quantitative estimate of drug-likeness (QED) is 0.849. The third-order valence-corrected chi connectivity index (χ3v) is 4.10. The Balaban J connectivity index is 1.68. The van der Waals surface area contributed by atoms with Crippen molar-refractivity contribution in [1.82, 2.24) is 4.90 Å². The van der Waals surface area contributed by atoms with Crippen LogP contribution in [0.3, 0.4) is 0 Å². The Morgan fingerprint density at radius 2 is 1.74 bits per heavy atom. The van der Waals surface area contributed by atoms with Crippen LogP contribution in [0.4, 0.5) is 14.5 Å². The lowest BCUT2D eigenvalue weighted by atomic mass is 10.1. The van der Waals surface area contributed by atoms with Gasteiger partial charge in [0.2, 0.25) is 0 Å². The van der Waals surface area contributed by atoms with Crippen LogP contribution in [0.15, 0.2) is 42.5 Å². The summed E-state index contributed by atoms with van der Waals surface area (Å²) < 4.78 is 26.7. The number of halogens is 2. The van der Waals surface area contributed by atoms with Crippen molar-refractivity contribution in [2.75, 3.05) is 31.1 Å². The summed E-state index contributed by atoms with van der Waals surface area (Å²) in [4.78, 5) is 16.2. The Kier molecular flexibility index (Phi) is 4.28. The topological polar surface area (TPSA) is 23.6 Å². The van der Waals surface area contributed by atoms with E-state index in [0.29, 0.717) is 26.2 Å². The van der Waals surface area contributed by atoms with Crippen molar-refractivity contribution in [2.45, 2.75) is 6.92 Å². The van der Waals surface area contributed by atoms with Crippen LogP contribution >= 0.6 is 0 Å². The highest BCUT2D eigenvalue weighted by Crippen LogP contribution is 2.19. The molecule has 2 aromatic rings. The number of hydrogen-bond donors (Lipinski definition) is 0. The van der Waals surface area contributed by atoms with Crippen LogP contribution in [-0.4, -0.2) is 37.0 Å². The zero-order valence-corrected chi connectivity index (χ0v) is 12.9. The van der Waals surface area contributed by atoms with Crippen LogP contribution < -0.4 is 4.90 Å². The Morgan fingerprint density at radius 3 is 2.39 bits per heavy atom. The first kappa shape index (κ1) is 15.5. The maximum Gasteiger partial charge on any atom is 0.256 e. The highest BCUT2D eigenvalue weighted by atomic mass is 19.1. The number of benzene rings is 2. The fourth-order valence-electron chi connectivity index (χ4n) is 2.83. The van der Waals surface area contributed by atoms with Gasteiger partial charge in [-0.25, -0.2) is 8.78 Å². The van der Waals surface area contributed by atoms with E-state index < -0.39 is 11.6 Å². The molecule has 0 aromatic heterocycles. The Bertz CT molecular complexity index is 725. The van der Waals surface area contributed by atoms with Gasteiger partial charge in [-0.05, 0) is 36.8 Å². The molecule has 2 aromatic carbocycles. The zero-order valence-electron chi connectivity index (χ0n) is 12.9. The largest absolute Gasteiger partial charge is 0.368 e. The lowest BCUT2D eigenvalue weighted by Crippen LogP contribution is -2.49. The van der Waals surface area contributed by atoms with E-state index in [-0.39, 0.29) is 11.5 Å². The molecule has 3 nitrogen and oxygen atoms in total. The van der Waals surface area contributed by atoms with Crippen molar-refractivity contribution in [3.8, 4) is 0 Å². The molecule has 1 amide bonds. The summed E-state index contributed by atoms with van der Waals surface area (Å²) in [5, 5.41) is 0. The maximum atomic E-state index is 13.7. The molecule has 0 atom stereocenters. The van der Waals surface area contributed by atoms with Crippen LogP contribution in [0.1, 0.15) is 15.9 Å². The van der Waals surface area contributed by atoms with E-state index in [9.17, 15) is 13.6 Å². The molecule has 3 rings (SSSR count). The van der Waals surface area contributed by atoms with Gasteiger partial charge < -0.3 is 9.80 Å². The molecule has 5 heteroatoms. The predicted octanol–water partition coefficient (Wildman–Crippen LogP) is 3.24. The first-order valence-electron chi connectivity index (χ1n) is 7.60. The average Bonchev–Trinajstić information content (AvgIpc) is 2.54. The number of rotatable bonds is 2. The van der Waals surface area contributed by atoms with Crippen LogP contribution in [0, 0.1) is 18.6 Å². The zero-order chi connectivity index (χ0) is 16.4. The molecular formula is C18H18F2N2O. The van der Waals surface area contributed by atoms with E-state index in [2.05, 4.69) is 11.0 Å². The molecule has 1 fully saturated rings. The lowest BCUT2D eigenvalue weighted by molar-refractivity contribution is 0.0742. The predicted molar refractivity (Wildman–Crippen MR) is 85.7 cm³/mol. The minimum Gasteiger partial charge on any atom is -0.368 e. The number of carbonyl (C=O) groups excluding carboxylic acids is 1. The number of anilines is 1. The van der Waals surface area contributed by atoms with E-state index in [0.717, 1.165) is 17.8 Å². The second kappa shape index (κ2) is 6.36. The molecule has 23 heavy (non-hydrogen) atoms. The number of carbonyl (C=O) groups is 1.